The van der Waals surface area contributed by atoms with E-state index < -0.39 is 24.1 Å². The first kappa shape index (κ1) is 29.8. The van der Waals surface area contributed by atoms with E-state index in [9.17, 15) is 14.4 Å². The van der Waals surface area contributed by atoms with Gasteiger partial charge in [-0.1, -0.05) is 97.1 Å². The molecule has 8 heteroatoms. The summed E-state index contributed by atoms with van der Waals surface area (Å²) in [4.78, 5) is 41.5. The highest BCUT2D eigenvalue weighted by atomic mass is 16.6. The quantitative estimate of drug-likeness (QED) is 0.114. The van der Waals surface area contributed by atoms with Crippen LogP contribution in [0.15, 0.2) is 109 Å². The summed E-state index contributed by atoms with van der Waals surface area (Å²) in [5, 5.41) is 7.00. The molecule has 0 radical (unpaired) electrons. The van der Waals surface area contributed by atoms with Gasteiger partial charge in [-0.2, -0.15) is 0 Å². The number of carbonyl (C=O) groups excluding carboxylic acids is 3. The predicted octanol–water partition coefficient (Wildman–Crippen LogP) is 5.91. The van der Waals surface area contributed by atoms with Crippen LogP contribution in [0.2, 0.25) is 0 Å². The van der Waals surface area contributed by atoms with Crippen LogP contribution in [0, 0.1) is 0 Å². The molecule has 4 aromatic carbocycles. The second-order valence-electron chi connectivity index (χ2n) is 11.2. The summed E-state index contributed by atoms with van der Waals surface area (Å²) in [5.74, 6) is -0.681. The number of fused-ring (bicyclic) bond motifs is 4. The van der Waals surface area contributed by atoms with Gasteiger partial charge in [0.05, 0.1) is 6.04 Å². The highest BCUT2D eigenvalue weighted by Crippen LogP contribution is 2.44. The summed E-state index contributed by atoms with van der Waals surface area (Å²) >= 11 is 0. The van der Waals surface area contributed by atoms with Gasteiger partial charge in [0.2, 0.25) is 0 Å². The molecular weight excluding hydrogens is 566 g/mol. The highest BCUT2D eigenvalue weighted by molar-refractivity contribution is 5.84. The fourth-order valence-corrected chi connectivity index (χ4v) is 5.98. The van der Waals surface area contributed by atoms with Crippen LogP contribution in [-0.2, 0) is 32.1 Å². The number of hydrogen-bond acceptors (Lipinski definition) is 6. The lowest BCUT2D eigenvalue weighted by atomic mass is 9.98. The molecule has 0 aliphatic heterocycles. The third-order valence-corrected chi connectivity index (χ3v) is 8.26. The average molecular weight is 602 g/mol. The van der Waals surface area contributed by atoms with Gasteiger partial charge >= 0.3 is 12.1 Å². The molecule has 0 unspecified atom stereocenters. The molecule has 5 aromatic rings. The largest absolute Gasteiger partial charge is 0.459 e. The maximum absolute atomic E-state index is 13.2. The second kappa shape index (κ2) is 14.1. The number of nitrogens with one attached hydrogen (secondary N) is 3. The number of rotatable bonds is 13. The molecule has 1 aliphatic carbocycles. The maximum Gasteiger partial charge on any atom is 0.407 e. The van der Waals surface area contributed by atoms with Gasteiger partial charge in [-0.05, 0) is 58.8 Å². The number of amides is 1. The summed E-state index contributed by atoms with van der Waals surface area (Å²) in [6, 6.07) is 32.0. The van der Waals surface area contributed by atoms with E-state index in [1.54, 1.807) is 0 Å². The van der Waals surface area contributed by atoms with E-state index in [1.165, 1.54) is 0 Å². The minimum Gasteiger partial charge on any atom is -0.459 e. The molecular formula is C37H35N3O5. The molecule has 1 heterocycles. The number of benzene rings is 4. The third-order valence-electron chi connectivity index (χ3n) is 8.26. The Hall–Kier alpha value is -5.21. The molecule has 6 rings (SSSR count). The van der Waals surface area contributed by atoms with Crippen molar-refractivity contribution in [3.63, 3.8) is 0 Å². The van der Waals surface area contributed by atoms with Crippen LogP contribution in [0.5, 0.6) is 0 Å². The molecule has 0 bridgehead atoms. The number of ether oxygens (including phenoxy) is 2. The fraction of sp³-hybridized carbons (Fsp3) is 0.216. The standard InChI is InChI=1S/C37H35N3O5/c41-22-27(20-26-21-39-34-17-9-8-12-28(26)34)38-19-18-35(36(42)44-23-25-10-2-1-3-11-25)40-37(43)45-24-33-31-15-6-4-13-29(31)30-14-5-7-16-32(30)33/h1-17,21-22,27,33,35,38-39H,18-20,23-24H2,(H,40,43)/t27-,35-/m0/s1. The Labute approximate surface area is 261 Å². The third kappa shape index (κ3) is 6.97. The van der Waals surface area contributed by atoms with Gasteiger partial charge < -0.3 is 29.9 Å². The van der Waals surface area contributed by atoms with Gasteiger partial charge in [0.15, 0.2) is 0 Å². The number of alkyl carbamates (subject to hydrolysis) is 1. The number of aldehydes is 1. The zero-order chi connectivity index (χ0) is 31.0. The van der Waals surface area contributed by atoms with E-state index in [-0.39, 0.29) is 25.6 Å². The number of H-pyrrole nitrogens is 1. The monoisotopic (exact) mass is 601 g/mol. The van der Waals surface area contributed by atoms with Crippen LogP contribution in [0.25, 0.3) is 22.0 Å². The van der Waals surface area contributed by atoms with Gasteiger partial charge in [0.25, 0.3) is 0 Å². The zero-order valence-electron chi connectivity index (χ0n) is 24.8. The van der Waals surface area contributed by atoms with Gasteiger partial charge in [-0.3, -0.25) is 0 Å². The topological polar surface area (TPSA) is 110 Å². The minimum atomic E-state index is -0.975. The van der Waals surface area contributed by atoms with Crippen molar-refractivity contribution in [1.29, 1.82) is 0 Å². The van der Waals surface area contributed by atoms with E-state index in [0.29, 0.717) is 13.0 Å². The molecule has 0 saturated carbocycles. The SMILES string of the molecule is O=C[C@H](Cc1c[nH]c2ccccc12)NCC[C@H](NC(=O)OCC1c2ccccc2-c2ccccc21)C(=O)OCc1ccccc1. The zero-order valence-corrected chi connectivity index (χ0v) is 24.8. The molecule has 45 heavy (non-hydrogen) atoms. The van der Waals surface area contributed by atoms with E-state index in [0.717, 1.165) is 50.6 Å². The molecule has 2 atom stereocenters. The molecule has 1 amide bonds. The molecule has 3 N–H and O–H groups in total. The minimum absolute atomic E-state index is 0.0769. The van der Waals surface area contributed by atoms with Gasteiger partial charge in [-0.15, -0.1) is 0 Å². The lowest BCUT2D eigenvalue weighted by molar-refractivity contribution is -0.147. The van der Waals surface area contributed by atoms with E-state index in [2.05, 4.69) is 39.9 Å². The predicted molar refractivity (Wildman–Crippen MR) is 173 cm³/mol. The normalized spacial score (nSPS) is 13.4. The smallest absolute Gasteiger partial charge is 0.407 e. The maximum atomic E-state index is 13.2. The van der Waals surface area contributed by atoms with Crippen LogP contribution in [0.3, 0.4) is 0 Å². The Morgan fingerprint density at radius 1 is 0.822 bits per heavy atom. The van der Waals surface area contributed by atoms with Crippen molar-refractivity contribution in [2.45, 2.75) is 37.5 Å². The van der Waals surface area contributed by atoms with Crippen molar-refractivity contribution >= 4 is 29.3 Å². The van der Waals surface area contributed by atoms with Crippen LogP contribution in [-0.4, -0.2) is 48.6 Å². The Kier molecular flexibility index (Phi) is 9.32. The Bertz CT molecular complexity index is 1740. The number of hydrogen-bond donors (Lipinski definition) is 3. The van der Waals surface area contributed by atoms with Crippen molar-refractivity contribution in [1.82, 2.24) is 15.6 Å². The number of aromatic nitrogens is 1. The first-order valence-electron chi connectivity index (χ1n) is 15.2. The van der Waals surface area contributed by atoms with Crippen molar-refractivity contribution in [2.24, 2.45) is 0 Å². The van der Waals surface area contributed by atoms with Crippen molar-refractivity contribution < 1.29 is 23.9 Å². The highest BCUT2D eigenvalue weighted by Gasteiger charge is 2.30. The van der Waals surface area contributed by atoms with Crippen LogP contribution in [0.1, 0.15) is 34.6 Å². The summed E-state index contributed by atoms with van der Waals surface area (Å²) < 4.78 is 11.3. The Morgan fingerprint density at radius 2 is 1.49 bits per heavy atom. The second-order valence-corrected chi connectivity index (χ2v) is 11.2. The number of para-hydroxylation sites is 1. The molecule has 8 nitrogen and oxygen atoms in total. The summed E-state index contributed by atoms with van der Waals surface area (Å²) in [6.45, 7) is 0.496. The average Bonchev–Trinajstić information content (AvgIpc) is 3.64. The first-order valence-corrected chi connectivity index (χ1v) is 15.2. The molecule has 1 aliphatic rings. The van der Waals surface area contributed by atoms with Gasteiger partial charge in [-0.25, -0.2) is 9.59 Å². The van der Waals surface area contributed by atoms with Gasteiger partial charge in [0.1, 0.15) is 25.5 Å². The molecule has 0 fully saturated rings. The van der Waals surface area contributed by atoms with E-state index in [4.69, 9.17) is 9.47 Å². The van der Waals surface area contributed by atoms with Crippen LogP contribution >= 0.6 is 0 Å². The van der Waals surface area contributed by atoms with Crippen molar-refractivity contribution in [3.05, 3.63) is 132 Å². The van der Waals surface area contributed by atoms with Crippen LogP contribution < -0.4 is 10.6 Å². The number of aromatic amines is 1. The lowest BCUT2D eigenvalue weighted by Gasteiger charge is -2.20. The van der Waals surface area contributed by atoms with Crippen molar-refractivity contribution in [2.75, 3.05) is 13.2 Å². The van der Waals surface area contributed by atoms with Crippen LogP contribution in [0.4, 0.5) is 4.79 Å². The van der Waals surface area contributed by atoms with E-state index in [1.807, 2.05) is 85.1 Å². The first-order chi connectivity index (χ1) is 22.1. The summed E-state index contributed by atoms with van der Waals surface area (Å²) in [5.41, 5.74) is 7.33. The Balaban J connectivity index is 1.09. The molecule has 0 spiro atoms. The summed E-state index contributed by atoms with van der Waals surface area (Å²) in [6.07, 6.45) is 2.76. The van der Waals surface area contributed by atoms with Crippen molar-refractivity contribution in [3.8, 4) is 11.1 Å². The fourth-order valence-electron chi connectivity index (χ4n) is 5.98. The Morgan fingerprint density at radius 3 is 2.22 bits per heavy atom. The lowest BCUT2D eigenvalue weighted by Crippen LogP contribution is -2.45. The molecule has 1 aromatic heterocycles. The summed E-state index contributed by atoms with van der Waals surface area (Å²) in [7, 11) is 0. The number of esters is 1. The van der Waals surface area contributed by atoms with E-state index >= 15 is 0 Å². The number of carbonyl (C=O) groups is 3. The molecule has 228 valence electrons. The molecule has 0 saturated heterocycles. The van der Waals surface area contributed by atoms with Gasteiger partial charge in [0, 0.05) is 23.0 Å².